The van der Waals surface area contributed by atoms with Crippen LogP contribution in [0, 0.1) is 13.8 Å². The lowest BCUT2D eigenvalue weighted by molar-refractivity contribution is 0.165. The van der Waals surface area contributed by atoms with E-state index in [1.54, 1.807) is 6.20 Å². The number of aromatic nitrogens is 2. The first-order valence-corrected chi connectivity index (χ1v) is 6.48. The minimum atomic E-state index is -0.428. The lowest BCUT2D eigenvalue weighted by Gasteiger charge is -2.18. The Bertz CT molecular complexity index is 612. The van der Waals surface area contributed by atoms with E-state index in [2.05, 4.69) is 21.4 Å². The van der Waals surface area contributed by atoms with Gasteiger partial charge in [-0.3, -0.25) is 0 Å². The molecule has 4 heteroatoms. The van der Waals surface area contributed by atoms with Crippen LogP contribution < -0.4 is 5.32 Å². The van der Waals surface area contributed by atoms with Crippen LogP contribution in [0.5, 0.6) is 0 Å². The summed E-state index contributed by atoms with van der Waals surface area (Å²) in [5, 5.41) is 13.4. The molecule has 2 N–H and O–H groups in total. The van der Waals surface area contributed by atoms with E-state index >= 15 is 0 Å². The first-order chi connectivity index (χ1) is 9.15. The van der Waals surface area contributed by atoms with Crippen LogP contribution in [0.15, 0.2) is 30.5 Å². The number of nitrogens with zero attached hydrogens (tertiary/aromatic N) is 2. The first-order valence-electron chi connectivity index (χ1n) is 6.48. The molecule has 1 heterocycles. The smallest absolute Gasteiger partial charge is 0.223 e. The molecule has 0 fully saturated rings. The fourth-order valence-corrected chi connectivity index (χ4v) is 2.48. The van der Waals surface area contributed by atoms with Crippen molar-refractivity contribution in [3.05, 3.63) is 52.8 Å². The standard InChI is InChI=1S/C15H17N3O/c1-9-8-16-15(17-10(9)2)18-14-12-6-4-3-5-11(12)7-13(14)19/h3-6,8,13-14,19H,7H2,1-2H3,(H,16,17,18)/t13-,14+/m1/s1. The number of nitrogens with one attached hydrogen (secondary N) is 1. The molecule has 3 rings (SSSR count). The first kappa shape index (κ1) is 12.1. The molecule has 19 heavy (non-hydrogen) atoms. The molecule has 0 spiro atoms. The van der Waals surface area contributed by atoms with Gasteiger partial charge in [0.1, 0.15) is 0 Å². The molecule has 2 aromatic rings. The number of aliphatic hydroxyl groups is 1. The van der Waals surface area contributed by atoms with Crippen molar-refractivity contribution >= 4 is 5.95 Å². The predicted molar refractivity (Wildman–Crippen MR) is 74.0 cm³/mol. The predicted octanol–water partition coefficient (Wildman–Crippen LogP) is 2.16. The van der Waals surface area contributed by atoms with Crippen molar-refractivity contribution in [1.29, 1.82) is 0 Å². The van der Waals surface area contributed by atoms with Gasteiger partial charge in [0.15, 0.2) is 0 Å². The maximum absolute atomic E-state index is 10.2. The average molecular weight is 255 g/mol. The SMILES string of the molecule is Cc1cnc(N[C@H]2c3ccccc3C[C@H]2O)nc1C. The molecule has 1 aliphatic carbocycles. The van der Waals surface area contributed by atoms with Crippen molar-refractivity contribution in [2.75, 3.05) is 5.32 Å². The quantitative estimate of drug-likeness (QED) is 0.863. The van der Waals surface area contributed by atoms with Gasteiger partial charge in [-0.05, 0) is 30.5 Å². The van der Waals surface area contributed by atoms with Crippen molar-refractivity contribution in [3.63, 3.8) is 0 Å². The summed E-state index contributed by atoms with van der Waals surface area (Å²) in [4.78, 5) is 8.69. The minimum Gasteiger partial charge on any atom is -0.390 e. The normalized spacial score (nSPS) is 21.2. The van der Waals surface area contributed by atoms with E-state index in [1.807, 2.05) is 32.0 Å². The Morgan fingerprint density at radius 2 is 2.05 bits per heavy atom. The van der Waals surface area contributed by atoms with E-state index in [-0.39, 0.29) is 6.04 Å². The number of aliphatic hydroxyl groups excluding tert-OH is 1. The van der Waals surface area contributed by atoms with Gasteiger partial charge in [-0.25, -0.2) is 9.97 Å². The molecule has 0 bridgehead atoms. The molecule has 1 aromatic carbocycles. The highest BCUT2D eigenvalue weighted by atomic mass is 16.3. The number of fused-ring (bicyclic) bond motifs is 1. The molecule has 98 valence electrons. The van der Waals surface area contributed by atoms with E-state index in [0.717, 1.165) is 16.8 Å². The molecule has 4 nitrogen and oxygen atoms in total. The fraction of sp³-hybridized carbons (Fsp3) is 0.333. The van der Waals surface area contributed by atoms with Crippen molar-refractivity contribution in [2.45, 2.75) is 32.4 Å². The summed E-state index contributed by atoms with van der Waals surface area (Å²) >= 11 is 0. The summed E-state index contributed by atoms with van der Waals surface area (Å²) in [6, 6.07) is 7.97. The third-order valence-electron chi connectivity index (χ3n) is 3.71. The molecule has 0 aliphatic heterocycles. The summed E-state index contributed by atoms with van der Waals surface area (Å²) < 4.78 is 0. The second-order valence-electron chi connectivity index (χ2n) is 5.05. The van der Waals surface area contributed by atoms with Gasteiger partial charge in [0.25, 0.3) is 0 Å². The average Bonchev–Trinajstić information content (AvgIpc) is 2.71. The summed E-state index contributed by atoms with van der Waals surface area (Å²) in [5.41, 5.74) is 4.35. The van der Waals surface area contributed by atoms with Crippen LogP contribution in [0.4, 0.5) is 5.95 Å². The second-order valence-corrected chi connectivity index (χ2v) is 5.05. The largest absolute Gasteiger partial charge is 0.390 e. The van der Waals surface area contributed by atoms with Gasteiger partial charge >= 0.3 is 0 Å². The summed E-state index contributed by atoms with van der Waals surface area (Å²) in [6.45, 7) is 3.94. The number of aryl methyl sites for hydroxylation is 2. The topological polar surface area (TPSA) is 58.0 Å². The van der Waals surface area contributed by atoms with Crippen LogP contribution in [-0.4, -0.2) is 21.2 Å². The highest BCUT2D eigenvalue weighted by Crippen LogP contribution is 2.33. The summed E-state index contributed by atoms with van der Waals surface area (Å²) in [6.07, 6.45) is 2.05. The van der Waals surface area contributed by atoms with Crippen LogP contribution >= 0.6 is 0 Å². The van der Waals surface area contributed by atoms with Crippen LogP contribution in [-0.2, 0) is 6.42 Å². The highest BCUT2D eigenvalue weighted by Gasteiger charge is 2.31. The Hall–Kier alpha value is -1.94. The van der Waals surface area contributed by atoms with E-state index in [4.69, 9.17) is 0 Å². The van der Waals surface area contributed by atoms with E-state index in [0.29, 0.717) is 12.4 Å². The lowest BCUT2D eigenvalue weighted by atomic mass is 10.1. The van der Waals surface area contributed by atoms with Gasteiger partial charge in [-0.1, -0.05) is 24.3 Å². The number of anilines is 1. The molecule has 0 radical (unpaired) electrons. The Morgan fingerprint density at radius 1 is 1.26 bits per heavy atom. The maximum atomic E-state index is 10.2. The van der Waals surface area contributed by atoms with Gasteiger partial charge in [-0.2, -0.15) is 0 Å². The van der Waals surface area contributed by atoms with Crippen LogP contribution in [0.2, 0.25) is 0 Å². The molecule has 2 atom stereocenters. The van der Waals surface area contributed by atoms with Crippen molar-refractivity contribution in [1.82, 2.24) is 9.97 Å². The molecular weight excluding hydrogens is 238 g/mol. The Balaban J connectivity index is 1.89. The third-order valence-corrected chi connectivity index (χ3v) is 3.71. The van der Waals surface area contributed by atoms with E-state index in [1.165, 1.54) is 5.56 Å². The zero-order valence-electron chi connectivity index (χ0n) is 11.1. The van der Waals surface area contributed by atoms with Gasteiger partial charge in [0.2, 0.25) is 5.95 Å². The number of benzene rings is 1. The number of hydrogen-bond acceptors (Lipinski definition) is 4. The molecule has 0 saturated carbocycles. The lowest BCUT2D eigenvalue weighted by Crippen LogP contribution is -2.22. The molecule has 0 saturated heterocycles. The Kier molecular flexibility index (Phi) is 2.95. The molecule has 1 aliphatic rings. The van der Waals surface area contributed by atoms with Crippen molar-refractivity contribution in [3.8, 4) is 0 Å². The van der Waals surface area contributed by atoms with Gasteiger partial charge in [0.05, 0.1) is 12.1 Å². The molecular formula is C15H17N3O. The molecule has 1 aromatic heterocycles. The van der Waals surface area contributed by atoms with Gasteiger partial charge in [-0.15, -0.1) is 0 Å². The number of rotatable bonds is 2. The molecule has 0 amide bonds. The highest BCUT2D eigenvalue weighted by molar-refractivity contribution is 5.42. The Labute approximate surface area is 112 Å². The van der Waals surface area contributed by atoms with Crippen molar-refractivity contribution in [2.24, 2.45) is 0 Å². The van der Waals surface area contributed by atoms with Crippen LogP contribution in [0.25, 0.3) is 0 Å². The summed E-state index contributed by atoms with van der Waals surface area (Å²) in [5.74, 6) is 0.573. The second kappa shape index (κ2) is 4.63. The molecule has 0 unspecified atom stereocenters. The van der Waals surface area contributed by atoms with Crippen molar-refractivity contribution < 1.29 is 5.11 Å². The Morgan fingerprint density at radius 3 is 2.84 bits per heavy atom. The van der Waals surface area contributed by atoms with E-state index in [9.17, 15) is 5.11 Å². The maximum Gasteiger partial charge on any atom is 0.223 e. The fourth-order valence-electron chi connectivity index (χ4n) is 2.48. The summed E-state index contributed by atoms with van der Waals surface area (Å²) in [7, 11) is 0. The minimum absolute atomic E-state index is 0.127. The van der Waals surface area contributed by atoms with Crippen LogP contribution in [0.3, 0.4) is 0 Å². The van der Waals surface area contributed by atoms with E-state index < -0.39 is 6.10 Å². The number of hydrogen-bond donors (Lipinski definition) is 2. The zero-order chi connectivity index (χ0) is 13.4. The monoisotopic (exact) mass is 255 g/mol. The van der Waals surface area contributed by atoms with Crippen LogP contribution in [0.1, 0.15) is 28.4 Å². The zero-order valence-corrected chi connectivity index (χ0v) is 11.1. The van der Waals surface area contributed by atoms with Gasteiger partial charge in [0, 0.05) is 18.3 Å². The third kappa shape index (κ3) is 2.19. The van der Waals surface area contributed by atoms with Gasteiger partial charge < -0.3 is 10.4 Å².